The molecule has 0 radical (unpaired) electrons. The van der Waals surface area contributed by atoms with Crippen LogP contribution >= 0.6 is 0 Å². The molecule has 1 aromatic rings. The zero-order valence-corrected chi connectivity index (χ0v) is 20.5. The molecule has 0 unspecified atom stereocenters. The number of sulfonamides is 1. The van der Waals surface area contributed by atoms with Crippen LogP contribution in [-0.2, 0) is 14.8 Å². The Morgan fingerprint density at radius 3 is 2.64 bits per heavy atom. The summed E-state index contributed by atoms with van der Waals surface area (Å²) in [5, 5.41) is 19.2. The van der Waals surface area contributed by atoms with E-state index in [0.29, 0.717) is 24.4 Å². The molecule has 0 aromatic heterocycles. The summed E-state index contributed by atoms with van der Waals surface area (Å²) >= 11 is 0. The number of aliphatic hydroxyl groups excluding tert-OH is 2. The molecule has 1 heterocycles. The lowest BCUT2D eigenvalue weighted by molar-refractivity contribution is -0.131. The molecule has 1 saturated carbocycles. The van der Waals surface area contributed by atoms with E-state index in [4.69, 9.17) is 4.74 Å². The van der Waals surface area contributed by atoms with Crippen molar-refractivity contribution in [2.45, 2.75) is 63.2 Å². The highest BCUT2D eigenvalue weighted by atomic mass is 32.2. The maximum Gasteiger partial charge on any atom is 0.247 e. The fourth-order valence-electron chi connectivity index (χ4n) is 3.81. The van der Waals surface area contributed by atoms with Gasteiger partial charge in [-0.3, -0.25) is 4.79 Å². The van der Waals surface area contributed by atoms with E-state index in [2.05, 4.69) is 11.8 Å². The van der Waals surface area contributed by atoms with Gasteiger partial charge in [-0.05, 0) is 50.8 Å². The zero-order chi connectivity index (χ0) is 24.3. The van der Waals surface area contributed by atoms with Crippen molar-refractivity contribution in [1.29, 1.82) is 0 Å². The molecule has 0 spiro atoms. The second kappa shape index (κ2) is 10.4. The number of ether oxygens (including phenoxy) is 1. The van der Waals surface area contributed by atoms with Crippen molar-refractivity contribution in [3.63, 3.8) is 0 Å². The third-order valence-electron chi connectivity index (χ3n) is 6.13. The minimum absolute atomic E-state index is 0.00532. The average Bonchev–Trinajstić information content (AvgIpc) is 3.57. The lowest BCUT2D eigenvalue weighted by atomic mass is 10.0. The second-order valence-corrected chi connectivity index (χ2v) is 11.1. The van der Waals surface area contributed by atoms with E-state index in [9.17, 15) is 23.4 Å². The van der Waals surface area contributed by atoms with Gasteiger partial charge in [0.05, 0.1) is 13.2 Å². The quantitative estimate of drug-likeness (QED) is 0.600. The van der Waals surface area contributed by atoms with Gasteiger partial charge in [0.1, 0.15) is 22.9 Å². The SMILES string of the molecule is C[C@H](CO)N1C[C@H](C)[C@H](CN(C)C(=O)CC2CC2)Oc2cc(C#C[C@@H](C)O)ccc2S1(=O)=O. The predicted octanol–water partition coefficient (Wildman–Crippen LogP) is 1.45. The molecule has 8 nitrogen and oxygen atoms in total. The number of likely N-dealkylation sites (N-methyl/N-ethyl adjacent to an activating group) is 1. The largest absolute Gasteiger partial charge is 0.487 e. The lowest BCUT2D eigenvalue weighted by Crippen LogP contribution is -2.50. The number of aliphatic hydroxyl groups is 2. The highest BCUT2D eigenvalue weighted by Crippen LogP contribution is 2.35. The van der Waals surface area contributed by atoms with Crippen LogP contribution in [0.5, 0.6) is 5.75 Å². The number of amides is 1. The summed E-state index contributed by atoms with van der Waals surface area (Å²) in [6.07, 6.45) is 1.42. The Kier molecular flexibility index (Phi) is 8.06. The Balaban J connectivity index is 1.99. The molecular weight excluding hydrogens is 444 g/mol. The molecule has 1 amide bonds. The smallest absolute Gasteiger partial charge is 0.247 e. The van der Waals surface area contributed by atoms with Crippen LogP contribution in [0.4, 0.5) is 0 Å². The van der Waals surface area contributed by atoms with Crippen LogP contribution in [0.15, 0.2) is 23.1 Å². The molecule has 0 saturated heterocycles. The standard InChI is InChI=1S/C24H34N2O6S/c1-16-13-26(17(2)15-27)33(30,31)23-10-9-19(6-5-18(3)28)11-21(23)32-22(16)14-25(4)24(29)12-20-7-8-20/h9-11,16-18,20,22,27-28H,7-8,12-15H2,1-4H3/t16-,17+,18+,22-/m0/s1. The summed E-state index contributed by atoms with van der Waals surface area (Å²) in [6, 6.07) is 3.96. The Labute approximate surface area is 196 Å². The summed E-state index contributed by atoms with van der Waals surface area (Å²) in [5.74, 6) is 5.91. The van der Waals surface area contributed by atoms with Crippen LogP contribution in [0, 0.1) is 23.7 Å². The average molecular weight is 479 g/mol. The highest BCUT2D eigenvalue weighted by molar-refractivity contribution is 7.89. The van der Waals surface area contributed by atoms with E-state index >= 15 is 0 Å². The molecule has 2 N–H and O–H groups in total. The fourth-order valence-corrected chi connectivity index (χ4v) is 5.63. The maximum atomic E-state index is 13.5. The molecule has 3 rings (SSSR count). The number of benzene rings is 1. The van der Waals surface area contributed by atoms with E-state index in [1.54, 1.807) is 37.9 Å². The minimum Gasteiger partial charge on any atom is -0.487 e. The molecule has 2 aliphatic rings. The number of fused-ring (bicyclic) bond motifs is 1. The fraction of sp³-hybridized carbons (Fsp3) is 0.625. The molecule has 33 heavy (non-hydrogen) atoms. The third kappa shape index (κ3) is 6.27. The molecule has 0 bridgehead atoms. The number of carbonyl (C=O) groups is 1. The third-order valence-corrected chi connectivity index (χ3v) is 8.15. The van der Waals surface area contributed by atoms with Gasteiger partial charge < -0.3 is 19.8 Å². The summed E-state index contributed by atoms with van der Waals surface area (Å²) in [7, 11) is -2.19. The molecule has 1 aliphatic heterocycles. The van der Waals surface area contributed by atoms with Gasteiger partial charge in [0, 0.05) is 37.5 Å². The first-order chi connectivity index (χ1) is 15.5. The van der Waals surface area contributed by atoms with Crippen molar-refractivity contribution in [2.24, 2.45) is 11.8 Å². The predicted molar refractivity (Wildman–Crippen MR) is 124 cm³/mol. The van der Waals surface area contributed by atoms with Gasteiger partial charge in [-0.25, -0.2) is 8.42 Å². The van der Waals surface area contributed by atoms with Crippen LogP contribution < -0.4 is 4.74 Å². The first-order valence-electron chi connectivity index (χ1n) is 11.4. The number of hydrogen-bond acceptors (Lipinski definition) is 6. The van der Waals surface area contributed by atoms with Crippen molar-refractivity contribution in [3.05, 3.63) is 23.8 Å². The molecule has 1 aliphatic carbocycles. The van der Waals surface area contributed by atoms with Crippen LogP contribution in [0.25, 0.3) is 0 Å². The van der Waals surface area contributed by atoms with Crippen molar-refractivity contribution in [3.8, 4) is 17.6 Å². The Morgan fingerprint density at radius 1 is 1.33 bits per heavy atom. The van der Waals surface area contributed by atoms with Gasteiger partial charge in [0.25, 0.3) is 0 Å². The van der Waals surface area contributed by atoms with Gasteiger partial charge in [-0.2, -0.15) is 4.31 Å². The first kappa shape index (κ1) is 25.5. The van der Waals surface area contributed by atoms with Crippen molar-refractivity contribution in [1.82, 2.24) is 9.21 Å². The highest BCUT2D eigenvalue weighted by Gasteiger charge is 2.38. The van der Waals surface area contributed by atoms with E-state index in [-0.39, 0.29) is 35.6 Å². The normalized spacial score (nSPS) is 24.2. The monoisotopic (exact) mass is 478 g/mol. The Morgan fingerprint density at radius 2 is 2.03 bits per heavy atom. The maximum absolute atomic E-state index is 13.5. The molecule has 182 valence electrons. The molecule has 1 fully saturated rings. The Bertz CT molecular complexity index is 1030. The lowest BCUT2D eigenvalue weighted by Gasteiger charge is -2.37. The number of carbonyl (C=O) groups excluding carboxylic acids is 1. The van der Waals surface area contributed by atoms with Gasteiger partial charge in [-0.15, -0.1) is 0 Å². The molecule has 9 heteroatoms. The second-order valence-electron chi connectivity index (χ2n) is 9.27. The minimum atomic E-state index is -3.94. The summed E-state index contributed by atoms with van der Waals surface area (Å²) in [5.41, 5.74) is 0.511. The van der Waals surface area contributed by atoms with E-state index in [1.807, 2.05) is 6.92 Å². The summed E-state index contributed by atoms with van der Waals surface area (Å²) < 4.78 is 34.5. The Hall–Kier alpha value is -2.12. The van der Waals surface area contributed by atoms with Crippen LogP contribution in [0.2, 0.25) is 0 Å². The van der Waals surface area contributed by atoms with Gasteiger partial charge in [-0.1, -0.05) is 18.8 Å². The van der Waals surface area contributed by atoms with Gasteiger partial charge in [0.15, 0.2) is 0 Å². The number of hydrogen-bond donors (Lipinski definition) is 2. The first-order valence-corrected chi connectivity index (χ1v) is 12.8. The van der Waals surface area contributed by atoms with E-state index < -0.39 is 28.3 Å². The van der Waals surface area contributed by atoms with Gasteiger partial charge >= 0.3 is 0 Å². The van der Waals surface area contributed by atoms with Crippen molar-refractivity contribution >= 4 is 15.9 Å². The van der Waals surface area contributed by atoms with Crippen LogP contribution in [-0.4, -0.2) is 78.7 Å². The van der Waals surface area contributed by atoms with E-state index in [1.165, 1.54) is 10.4 Å². The van der Waals surface area contributed by atoms with E-state index in [0.717, 1.165) is 12.8 Å². The number of rotatable bonds is 6. The van der Waals surface area contributed by atoms with Crippen molar-refractivity contribution < 1.29 is 28.2 Å². The topological polar surface area (TPSA) is 107 Å². The molecule has 1 aromatic carbocycles. The summed E-state index contributed by atoms with van der Waals surface area (Å²) in [4.78, 5) is 14.2. The van der Waals surface area contributed by atoms with Gasteiger partial charge in [0.2, 0.25) is 15.9 Å². The molecular formula is C24H34N2O6S. The summed E-state index contributed by atoms with van der Waals surface area (Å²) in [6.45, 7) is 5.25. The zero-order valence-electron chi connectivity index (χ0n) is 19.7. The molecule has 4 atom stereocenters. The number of nitrogens with zero attached hydrogens (tertiary/aromatic N) is 2. The van der Waals surface area contributed by atoms with Crippen LogP contribution in [0.1, 0.15) is 45.6 Å². The van der Waals surface area contributed by atoms with Crippen molar-refractivity contribution in [2.75, 3.05) is 26.7 Å². The van der Waals surface area contributed by atoms with Crippen LogP contribution in [0.3, 0.4) is 0 Å².